The van der Waals surface area contributed by atoms with Gasteiger partial charge in [-0.25, -0.2) is 4.98 Å². The van der Waals surface area contributed by atoms with Gasteiger partial charge in [0, 0.05) is 0 Å². The molecule has 0 saturated heterocycles. The summed E-state index contributed by atoms with van der Waals surface area (Å²) in [4.78, 5) is 7.65. The van der Waals surface area contributed by atoms with E-state index in [0.717, 1.165) is 21.2 Å². The molecule has 1 aromatic carbocycles. The molecule has 3 rings (SSSR count). The van der Waals surface area contributed by atoms with Gasteiger partial charge >= 0.3 is 0 Å². The van der Waals surface area contributed by atoms with Crippen molar-refractivity contribution in [2.45, 2.75) is 10.2 Å². The Labute approximate surface area is 106 Å². The van der Waals surface area contributed by atoms with E-state index < -0.39 is 0 Å². The normalized spacial score (nSPS) is 10.9. The van der Waals surface area contributed by atoms with Crippen LogP contribution in [0.4, 0.5) is 0 Å². The number of imidazole rings is 1. The van der Waals surface area contributed by atoms with Crippen LogP contribution in [-0.4, -0.2) is 20.2 Å². The molecule has 4 nitrogen and oxygen atoms in total. The van der Waals surface area contributed by atoms with Crippen molar-refractivity contribution >= 4 is 34.4 Å². The van der Waals surface area contributed by atoms with Crippen molar-refractivity contribution in [3.05, 3.63) is 41.6 Å². The van der Waals surface area contributed by atoms with Crippen LogP contribution in [0.1, 0.15) is 0 Å². The van der Waals surface area contributed by atoms with Crippen molar-refractivity contribution in [3.63, 3.8) is 0 Å². The average molecular weight is 263 g/mol. The summed E-state index contributed by atoms with van der Waals surface area (Å²) >= 11 is 7.10. The Balaban J connectivity index is 1.92. The monoisotopic (exact) mass is 262 g/mol. The minimum absolute atomic E-state index is 0.388. The molecule has 6 heteroatoms. The maximum atomic E-state index is 5.67. The third kappa shape index (κ3) is 2.25. The van der Waals surface area contributed by atoms with E-state index in [0.29, 0.717) is 5.15 Å². The lowest BCUT2D eigenvalue weighted by molar-refractivity contribution is 0.924. The molecule has 0 radical (unpaired) electrons. The van der Waals surface area contributed by atoms with Crippen molar-refractivity contribution in [1.82, 2.24) is 20.2 Å². The summed E-state index contributed by atoms with van der Waals surface area (Å²) < 4.78 is 0. The maximum absolute atomic E-state index is 5.67. The number of H-pyrrole nitrogens is 1. The number of rotatable bonds is 2. The van der Waals surface area contributed by atoms with Gasteiger partial charge in [0.2, 0.25) is 0 Å². The first kappa shape index (κ1) is 10.6. The van der Waals surface area contributed by atoms with Gasteiger partial charge in [0.15, 0.2) is 10.3 Å². The highest BCUT2D eigenvalue weighted by molar-refractivity contribution is 7.99. The second-order valence-electron chi connectivity index (χ2n) is 3.36. The van der Waals surface area contributed by atoms with Crippen molar-refractivity contribution in [3.8, 4) is 0 Å². The zero-order valence-corrected chi connectivity index (χ0v) is 10.2. The fourth-order valence-electron chi connectivity index (χ4n) is 1.43. The van der Waals surface area contributed by atoms with Gasteiger partial charge in [-0.3, -0.25) is 0 Å². The third-order valence-electron chi connectivity index (χ3n) is 2.18. The predicted octanol–water partition coefficient (Wildman–Crippen LogP) is 3.16. The Bertz CT molecular complexity index is 617. The molecule has 0 bridgehead atoms. The van der Waals surface area contributed by atoms with Crippen molar-refractivity contribution in [2.24, 2.45) is 0 Å². The van der Waals surface area contributed by atoms with Gasteiger partial charge in [-0.15, -0.1) is 10.2 Å². The number of hydrogen-bond acceptors (Lipinski definition) is 4. The lowest BCUT2D eigenvalue weighted by Crippen LogP contribution is -1.85. The fraction of sp³-hybridized carbons (Fsp3) is 0. The number of nitrogens with one attached hydrogen (secondary N) is 1. The summed E-state index contributed by atoms with van der Waals surface area (Å²) in [5, 5.41) is 9.69. The van der Waals surface area contributed by atoms with Gasteiger partial charge in [0.1, 0.15) is 5.03 Å². The molecule has 0 aliphatic carbocycles. The smallest absolute Gasteiger partial charge is 0.172 e. The Morgan fingerprint density at radius 3 is 2.71 bits per heavy atom. The Hall–Kier alpha value is -1.59. The fourth-order valence-corrected chi connectivity index (χ4v) is 2.26. The minimum Gasteiger partial charge on any atom is -0.333 e. The summed E-state index contributed by atoms with van der Waals surface area (Å²) in [5.41, 5.74) is 1.95. The van der Waals surface area contributed by atoms with E-state index in [2.05, 4.69) is 20.2 Å². The first-order valence-corrected chi connectivity index (χ1v) is 6.12. The molecule has 84 valence electrons. The van der Waals surface area contributed by atoms with Gasteiger partial charge in [0.25, 0.3) is 0 Å². The molecule has 0 unspecified atom stereocenters. The van der Waals surface area contributed by atoms with Crippen molar-refractivity contribution in [1.29, 1.82) is 0 Å². The molecule has 0 aliphatic rings. The molecule has 0 aliphatic heterocycles. The minimum atomic E-state index is 0.388. The van der Waals surface area contributed by atoms with Crippen molar-refractivity contribution < 1.29 is 0 Å². The lowest BCUT2D eigenvalue weighted by atomic mass is 10.3. The first-order chi connectivity index (χ1) is 8.31. The van der Waals surface area contributed by atoms with E-state index in [1.807, 2.05) is 30.3 Å². The highest BCUT2D eigenvalue weighted by atomic mass is 35.5. The predicted molar refractivity (Wildman–Crippen MR) is 67.3 cm³/mol. The largest absolute Gasteiger partial charge is 0.333 e. The first-order valence-electron chi connectivity index (χ1n) is 4.93. The number of fused-ring (bicyclic) bond motifs is 1. The van der Waals surface area contributed by atoms with Crippen LogP contribution in [0.5, 0.6) is 0 Å². The number of para-hydroxylation sites is 2. The molecule has 2 aromatic heterocycles. The molecular formula is C11H7ClN4S. The number of aromatic amines is 1. The number of nitrogens with zero attached hydrogens (tertiary/aromatic N) is 3. The highest BCUT2D eigenvalue weighted by Gasteiger charge is 2.05. The van der Waals surface area contributed by atoms with Crippen LogP contribution < -0.4 is 0 Å². The third-order valence-corrected chi connectivity index (χ3v) is 3.19. The molecule has 0 atom stereocenters. The second-order valence-corrected chi connectivity index (χ2v) is 4.75. The van der Waals surface area contributed by atoms with Crippen LogP contribution in [0.2, 0.25) is 5.15 Å². The van der Waals surface area contributed by atoms with Crippen LogP contribution in [0.25, 0.3) is 11.0 Å². The SMILES string of the molecule is Clc1ccc(Sc2nc3ccccc3[nH]2)nn1. The topological polar surface area (TPSA) is 54.5 Å². The van der Waals surface area contributed by atoms with Gasteiger partial charge in [0.05, 0.1) is 11.0 Å². The summed E-state index contributed by atoms with van der Waals surface area (Å²) in [6.45, 7) is 0. The average Bonchev–Trinajstić information content (AvgIpc) is 2.74. The van der Waals surface area contributed by atoms with E-state index >= 15 is 0 Å². The Kier molecular flexibility index (Phi) is 2.70. The van der Waals surface area contributed by atoms with Crippen LogP contribution >= 0.6 is 23.4 Å². The molecule has 0 saturated carbocycles. The standard InChI is InChI=1S/C11H7ClN4S/c12-9-5-6-10(16-15-9)17-11-13-7-3-1-2-4-8(7)14-11/h1-6H,(H,13,14). The molecule has 0 amide bonds. The highest BCUT2D eigenvalue weighted by Crippen LogP contribution is 2.25. The Morgan fingerprint density at radius 1 is 1.06 bits per heavy atom. The maximum Gasteiger partial charge on any atom is 0.172 e. The molecule has 17 heavy (non-hydrogen) atoms. The van der Waals surface area contributed by atoms with Gasteiger partial charge < -0.3 is 4.98 Å². The number of aromatic nitrogens is 4. The van der Waals surface area contributed by atoms with Gasteiger partial charge in [-0.2, -0.15) is 0 Å². The van der Waals surface area contributed by atoms with Crippen LogP contribution in [0, 0.1) is 0 Å². The van der Waals surface area contributed by atoms with Crippen molar-refractivity contribution in [2.75, 3.05) is 0 Å². The van der Waals surface area contributed by atoms with E-state index in [-0.39, 0.29) is 0 Å². The van der Waals surface area contributed by atoms with Gasteiger partial charge in [-0.1, -0.05) is 23.7 Å². The zero-order valence-electron chi connectivity index (χ0n) is 8.59. The van der Waals surface area contributed by atoms with Crippen LogP contribution in [0.15, 0.2) is 46.6 Å². The molecule has 1 N–H and O–H groups in total. The molecule has 2 heterocycles. The Morgan fingerprint density at radius 2 is 1.94 bits per heavy atom. The summed E-state index contributed by atoms with van der Waals surface area (Å²) in [7, 11) is 0. The van der Waals surface area contributed by atoms with E-state index in [4.69, 9.17) is 11.6 Å². The van der Waals surface area contributed by atoms with E-state index in [1.165, 1.54) is 11.8 Å². The quantitative estimate of drug-likeness (QED) is 0.771. The summed E-state index contributed by atoms with van der Waals surface area (Å²) in [5.74, 6) is 0. The van der Waals surface area contributed by atoms with Crippen LogP contribution in [-0.2, 0) is 0 Å². The summed E-state index contributed by atoms with van der Waals surface area (Å²) in [6, 6.07) is 11.4. The molecule has 0 spiro atoms. The van der Waals surface area contributed by atoms with E-state index in [9.17, 15) is 0 Å². The van der Waals surface area contributed by atoms with Gasteiger partial charge in [-0.05, 0) is 36.0 Å². The number of benzene rings is 1. The zero-order chi connectivity index (χ0) is 11.7. The molecule has 3 aromatic rings. The molecular weight excluding hydrogens is 256 g/mol. The van der Waals surface area contributed by atoms with E-state index in [1.54, 1.807) is 6.07 Å². The number of hydrogen-bond donors (Lipinski definition) is 1. The lowest BCUT2D eigenvalue weighted by Gasteiger charge is -1.94. The number of halogens is 1. The summed E-state index contributed by atoms with van der Waals surface area (Å²) in [6.07, 6.45) is 0. The molecule has 0 fully saturated rings. The second kappa shape index (κ2) is 4.35. The van der Waals surface area contributed by atoms with Crippen LogP contribution in [0.3, 0.4) is 0 Å².